The number of carbonyl (C=O) groups is 2. The van der Waals surface area contributed by atoms with E-state index in [-0.39, 0.29) is 37.6 Å². The number of aryl methyl sites for hydroxylation is 2. The van der Waals surface area contributed by atoms with Gasteiger partial charge >= 0.3 is 0 Å². The summed E-state index contributed by atoms with van der Waals surface area (Å²) in [5, 5.41) is 18.6. The first kappa shape index (κ1) is 27.2. The van der Waals surface area contributed by atoms with Crippen molar-refractivity contribution in [3.8, 4) is 0 Å². The molecule has 0 atom stereocenters. The average Bonchev–Trinajstić information content (AvgIpc) is 2.86. The van der Waals surface area contributed by atoms with Crippen molar-refractivity contribution >= 4 is 45.7 Å². The lowest BCUT2D eigenvalue weighted by Gasteiger charge is -2.23. The molecular formula is C28H36N4O4. The maximum atomic E-state index is 12.6. The standard InChI is InChI=1S/C28H36N4O4/c1-5-31(11-13-33)21-7-9-23(19(3)15-21)29-25-17-26(28(36)18-27(25)35)30-24-10-8-22(16-20(24)4)32(6-2)12-14-34/h7-10,15-16,33-34H,5-6,11-14,17-18H2,1-4H3. The quantitative estimate of drug-likeness (QED) is 0.490. The molecule has 0 aromatic heterocycles. The highest BCUT2D eigenvalue weighted by atomic mass is 16.3. The van der Waals surface area contributed by atoms with E-state index >= 15 is 0 Å². The van der Waals surface area contributed by atoms with Gasteiger partial charge in [0, 0.05) is 44.0 Å². The van der Waals surface area contributed by atoms with Gasteiger partial charge in [0.1, 0.15) is 0 Å². The summed E-state index contributed by atoms with van der Waals surface area (Å²) in [7, 11) is 0. The molecule has 0 amide bonds. The molecule has 0 unspecified atom stereocenters. The molecule has 2 aromatic rings. The number of aliphatic hydroxyl groups excluding tert-OH is 2. The van der Waals surface area contributed by atoms with Gasteiger partial charge in [0.05, 0.1) is 42.4 Å². The fourth-order valence-electron chi connectivity index (χ4n) is 4.30. The molecule has 3 rings (SSSR count). The van der Waals surface area contributed by atoms with Crippen LogP contribution in [0.3, 0.4) is 0 Å². The maximum absolute atomic E-state index is 12.6. The first-order chi connectivity index (χ1) is 17.3. The number of carbonyl (C=O) groups excluding carboxylic acids is 2. The van der Waals surface area contributed by atoms with Crippen LogP contribution in [0, 0.1) is 13.8 Å². The Morgan fingerprint density at radius 1 is 0.722 bits per heavy atom. The van der Waals surface area contributed by atoms with Crippen LogP contribution in [-0.2, 0) is 9.59 Å². The average molecular weight is 493 g/mol. The van der Waals surface area contributed by atoms with Crippen LogP contribution < -0.4 is 9.80 Å². The van der Waals surface area contributed by atoms with Crippen molar-refractivity contribution in [3.05, 3.63) is 47.5 Å². The van der Waals surface area contributed by atoms with Gasteiger partial charge < -0.3 is 20.0 Å². The van der Waals surface area contributed by atoms with Crippen molar-refractivity contribution in [1.29, 1.82) is 0 Å². The molecule has 36 heavy (non-hydrogen) atoms. The van der Waals surface area contributed by atoms with Crippen LogP contribution in [0.4, 0.5) is 22.7 Å². The van der Waals surface area contributed by atoms with Crippen LogP contribution >= 0.6 is 0 Å². The normalized spacial score (nSPS) is 16.2. The number of hydrogen-bond donors (Lipinski definition) is 2. The molecule has 0 heterocycles. The van der Waals surface area contributed by atoms with Gasteiger partial charge in [0.15, 0.2) is 11.6 Å². The number of hydrogen-bond acceptors (Lipinski definition) is 8. The summed E-state index contributed by atoms with van der Waals surface area (Å²) < 4.78 is 0. The molecule has 1 saturated carbocycles. The lowest BCUT2D eigenvalue weighted by Crippen LogP contribution is -2.33. The summed E-state index contributed by atoms with van der Waals surface area (Å²) in [5.74, 6) is -0.542. The Hall–Kier alpha value is -3.36. The van der Waals surface area contributed by atoms with E-state index in [9.17, 15) is 19.8 Å². The first-order valence-corrected chi connectivity index (χ1v) is 12.5. The Labute approximate surface area is 213 Å². The minimum atomic E-state index is -0.271. The van der Waals surface area contributed by atoms with Crippen LogP contribution in [-0.4, -0.2) is 72.6 Å². The molecule has 192 valence electrons. The Kier molecular flexibility index (Phi) is 9.50. The number of rotatable bonds is 10. The summed E-state index contributed by atoms with van der Waals surface area (Å²) in [4.78, 5) is 38.7. The molecule has 8 heteroatoms. The van der Waals surface area contributed by atoms with Crippen molar-refractivity contribution in [3.63, 3.8) is 0 Å². The zero-order valence-electron chi connectivity index (χ0n) is 21.6. The maximum Gasteiger partial charge on any atom is 0.185 e. The Morgan fingerprint density at radius 2 is 1.14 bits per heavy atom. The number of nitrogens with zero attached hydrogens (tertiary/aromatic N) is 4. The number of aliphatic hydroxyl groups is 2. The number of ketones is 2. The van der Waals surface area contributed by atoms with Gasteiger partial charge in [-0.1, -0.05) is 0 Å². The summed E-state index contributed by atoms with van der Waals surface area (Å²) in [5.41, 5.74) is 5.83. The Morgan fingerprint density at radius 3 is 1.47 bits per heavy atom. The van der Waals surface area contributed by atoms with E-state index in [4.69, 9.17) is 0 Å². The third kappa shape index (κ3) is 6.44. The van der Waals surface area contributed by atoms with Crippen LogP contribution in [0.15, 0.2) is 46.4 Å². The van der Waals surface area contributed by atoms with Gasteiger partial charge in [-0.2, -0.15) is 0 Å². The molecule has 0 aliphatic heterocycles. The summed E-state index contributed by atoms with van der Waals surface area (Å²) in [6.07, 6.45) is -0.136. The minimum Gasteiger partial charge on any atom is -0.395 e. The van der Waals surface area contributed by atoms with E-state index in [1.807, 2.05) is 64.1 Å². The second-order valence-electron chi connectivity index (χ2n) is 8.87. The monoisotopic (exact) mass is 492 g/mol. The second-order valence-corrected chi connectivity index (χ2v) is 8.87. The molecule has 1 aliphatic carbocycles. The molecule has 2 N–H and O–H groups in total. The lowest BCUT2D eigenvalue weighted by molar-refractivity contribution is -0.120. The van der Waals surface area contributed by atoms with Crippen molar-refractivity contribution in [2.75, 3.05) is 49.2 Å². The minimum absolute atomic E-state index is 0.0727. The van der Waals surface area contributed by atoms with Crippen molar-refractivity contribution in [1.82, 2.24) is 0 Å². The lowest BCUT2D eigenvalue weighted by atomic mass is 9.93. The number of Topliss-reactive ketones (excluding diaryl/α,β-unsaturated/α-hetero) is 2. The SMILES string of the molecule is CCN(CCO)c1ccc(N=C2CC(=Nc3ccc(N(CC)CCO)cc3C)C(=O)CC2=O)c(C)c1. The molecule has 2 aromatic carbocycles. The van der Waals surface area contributed by atoms with Gasteiger partial charge in [-0.3, -0.25) is 9.59 Å². The fourth-order valence-corrected chi connectivity index (χ4v) is 4.30. The summed E-state index contributed by atoms with van der Waals surface area (Å²) >= 11 is 0. The van der Waals surface area contributed by atoms with E-state index in [0.29, 0.717) is 35.9 Å². The van der Waals surface area contributed by atoms with E-state index in [1.54, 1.807) is 0 Å². The van der Waals surface area contributed by atoms with E-state index in [0.717, 1.165) is 35.6 Å². The van der Waals surface area contributed by atoms with Crippen molar-refractivity contribution < 1.29 is 19.8 Å². The highest BCUT2D eigenvalue weighted by Crippen LogP contribution is 2.28. The number of anilines is 2. The molecule has 8 nitrogen and oxygen atoms in total. The predicted octanol–water partition coefficient (Wildman–Crippen LogP) is 3.72. The van der Waals surface area contributed by atoms with Crippen molar-refractivity contribution in [2.45, 2.75) is 40.5 Å². The second kappa shape index (κ2) is 12.6. The molecule has 0 saturated heterocycles. The zero-order valence-corrected chi connectivity index (χ0v) is 21.6. The molecule has 0 spiro atoms. The third-order valence-corrected chi connectivity index (χ3v) is 6.40. The molecule has 0 bridgehead atoms. The van der Waals surface area contributed by atoms with Gasteiger partial charge in [-0.15, -0.1) is 0 Å². The van der Waals surface area contributed by atoms with E-state index < -0.39 is 0 Å². The number of likely N-dealkylation sites (N-methyl/N-ethyl adjacent to an activating group) is 2. The topological polar surface area (TPSA) is 106 Å². The van der Waals surface area contributed by atoms with Gasteiger partial charge in [0.25, 0.3) is 0 Å². The summed E-state index contributed by atoms with van der Waals surface area (Å²) in [6.45, 7) is 10.7. The van der Waals surface area contributed by atoms with E-state index in [2.05, 4.69) is 19.8 Å². The Bertz CT molecular complexity index is 1080. The molecule has 1 fully saturated rings. The molecule has 0 radical (unpaired) electrons. The zero-order chi connectivity index (χ0) is 26.2. The largest absolute Gasteiger partial charge is 0.395 e. The highest BCUT2D eigenvalue weighted by molar-refractivity contribution is 6.61. The smallest absolute Gasteiger partial charge is 0.185 e. The number of benzene rings is 2. The van der Waals surface area contributed by atoms with Crippen LogP contribution in [0.1, 0.15) is 37.8 Å². The van der Waals surface area contributed by atoms with Crippen LogP contribution in [0.25, 0.3) is 0 Å². The fraction of sp³-hybridized carbons (Fsp3) is 0.429. The van der Waals surface area contributed by atoms with E-state index in [1.165, 1.54) is 0 Å². The molecular weight excluding hydrogens is 456 g/mol. The van der Waals surface area contributed by atoms with Crippen LogP contribution in [0.2, 0.25) is 0 Å². The highest BCUT2D eigenvalue weighted by Gasteiger charge is 2.29. The molecule has 1 aliphatic rings. The summed E-state index contributed by atoms with van der Waals surface area (Å²) in [6, 6.07) is 11.6. The first-order valence-electron chi connectivity index (χ1n) is 12.5. The number of aliphatic imine (C=N–C) groups is 2. The van der Waals surface area contributed by atoms with Crippen LogP contribution in [0.5, 0.6) is 0 Å². The Balaban J connectivity index is 1.87. The van der Waals surface area contributed by atoms with Gasteiger partial charge in [0.2, 0.25) is 0 Å². The van der Waals surface area contributed by atoms with Gasteiger partial charge in [-0.05, 0) is 75.2 Å². The third-order valence-electron chi connectivity index (χ3n) is 6.40. The van der Waals surface area contributed by atoms with Gasteiger partial charge in [-0.25, -0.2) is 9.98 Å². The van der Waals surface area contributed by atoms with Crippen molar-refractivity contribution in [2.24, 2.45) is 9.98 Å². The predicted molar refractivity (Wildman–Crippen MR) is 146 cm³/mol.